The van der Waals surface area contributed by atoms with Crippen molar-refractivity contribution in [2.75, 3.05) is 4.72 Å². The molecule has 11 heteroatoms. The van der Waals surface area contributed by atoms with Gasteiger partial charge in [0, 0.05) is 18.7 Å². The molecule has 0 saturated carbocycles. The molecule has 0 aliphatic carbocycles. The van der Waals surface area contributed by atoms with Crippen molar-refractivity contribution >= 4 is 21.7 Å². The molecule has 2 aromatic rings. The third-order valence-corrected chi connectivity index (χ3v) is 4.88. The van der Waals surface area contributed by atoms with Crippen LogP contribution in [-0.2, 0) is 23.0 Å². The predicted molar refractivity (Wildman–Crippen MR) is 91.9 cm³/mol. The Bertz CT molecular complexity index is 906. The highest BCUT2D eigenvalue weighted by atomic mass is 32.2. The lowest BCUT2D eigenvalue weighted by Gasteiger charge is -2.12. The number of benzene rings is 1. The van der Waals surface area contributed by atoms with Gasteiger partial charge >= 0.3 is 21.5 Å². The zero-order valence-corrected chi connectivity index (χ0v) is 15.1. The minimum atomic E-state index is -5.49. The summed E-state index contributed by atoms with van der Waals surface area (Å²) in [6, 6.07) is 5.20. The highest BCUT2D eigenvalue weighted by molar-refractivity contribution is 7.93. The maximum atomic E-state index is 12.4. The molecule has 7 nitrogen and oxygen atoms in total. The van der Waals surface area contributed by atoms with Crippen LogP contribution in [0.5, 0.6) is 0 Å². The molecule has 2 rings (SSSR count). The van der Waals surface area contributed by atoms with Gasteiger partial charge in [-0.2, -0.15) is 21.6 Å². The molecule has 0 aliphatic rings. The molecule has 148 valence electrons. The number of carboxylic acid groups (broad SMARTS) is 1. The number of imidazole rings is 1. The van der Waals surface area contributed by atoms with Crippen LogP contribution < -0.4 is 4.72 Å². The molecule has 0 aliphatic heterocycles. The average Bonchev–Trinajstić information content (AvgIpc) is 2.96. The Labute approximate surface area is 153 Å². The largest absolute Gasteiger partial charge is 0.516 e. The number of rotatable bonds is 8. The van der Waals surface area contributed by atoms with Gasteiger partial charge in [-0.05, 0) is 24.1 Å². The third-order valence-electron chi connectivity index (χ3n) is 3.76. The number of anilines is 1. The number of aromatic nitrogens is 2. The average molecular weight is 405 g/mol. The summed E-state index contributed by atoms with van der Waals surface area (Å²) in [4.78, 5) is 15.5. The van der Waals surface area contributed by atoms with Gasteiger partial charge in [0.15, 0.2) is 0 Å². The molecule has 1 aromatic carbocycles. The predicted octanol–water partition coefficient (Wildman–Crippen LogP) is 3.23. The molecule has 1 aromatic heterocycles. The number of sulfonamides is 1. The minimum Gasteiger partial charge on any atom is -0.477 e. The molecular weight excluding hydrogens is 387 g/mol. The van der Waals surface area contributed by atoms with E-state index < -0.39 is 21.5 Å². The zero-order valence-electron chi connectivity index (χ0n) is 14.3. The summed E-state index contributed by atoms with van der Waals surface area (Å²) in [6.45, 7) is 2.14. The standard InChI is InChI=1S/C16H18F3N3O4S/c1-2-3-4-14-20-9-13(15(23)24)22(14)10-11-5-7-12(8-6-11)21-27(25,26)16(17,18)19/h5-9,21H,2-4,10H2,1H3,(H,23,24). The SMILES string of the molecule is CCCCc1ncc(C(=O)O)n1Cc1ccc(NS(=O)(=O)C(F)(F)F)cc1. The summed E-state index contributed by atoms with van der Waals surface area (Å²) >= 11 is 0. The number of aryl methyl sites for hydroxylation is 1. The monoisotopic (exact) mass is 405 g/mol. The van der Waals surface area contributed by atoms with Gasteiger partial charge < -0.3 is 9.67 Å². The highest BCUT2D eigenvalue weighted by Gasteiger charge is 2.46. The molecule has 0 spiro atoms. The second kappa shape index (κ2) is 7.99. The van der Waals surface area contributed by atoms with Crippen LogP contribution in [0.15, 0.2) is 30.5 Å². The first-order chi connectivity index (χ1) is 12.5. The summed E-state index contributed by atoms with van der Waals surface area (Å²) in [5.74, 6) is -0.545. The first-order valence-corrected chi connectivity index (χ1v) is 9.49. The van der Waals surface area contributed by atoms with Gasteiger partial charge in [0.25, 0.3) is 0 Å². The van der Waals surface area contributed by atoms with E-state index in [9.17, 15) is 31.5 Å². The number of aromatic carboxylic acids is 1. The molecular formula is C16H18F3N3O4S. The van der Waals surface area contributed by atoms with Crippen molar-refractivity contribution in [3.8, 4) is 0 Å². The number of carboxylic acids is 1. The lowest BCUT2D eigenvalue weighted by atomic mass is 10.2. The first kappa shape index (κ1) is 20.7. The molecule has 0 unspecified atom stereocenters. The molecule has 0 atom stereocenters. The summed E-state index contributed by atoms with van der Waals surface area (Å²) in [5.41, 5.74) is -5.06. The maximum Gasteiger partial charge on any atom is 0.516 e. The number of unbranched alkanes of at least 4 members (excludes halogenated alkanes) is 1. The van der Waals surface area contributed by atoms with E-state index in [-0.39, 0.29) is 17.9 Å². The van der Waals surface area contributed by atoms with Crippen LogP contribution in [0.3, 0.4) is 0 Å². The molecule has 0 radical (unpaired) electrons. The van der Waals surface area contributed by atoms with E-state index in [1.165, 1.54) is 39.8 Å². The second-order valence-electron chi connectivity index (χ2n) is 5.80. The van der Waals surface area contributed by atoms with E-state index in [0.29, 0.717) is 17.8 Å². The summed E-state index contributed by atoms with van der Waals surface area (Å²) < 4.78 is 62.4. The molecule has 0 amide bonds. The number of halogens is 3. The number of nitrogens with one attached hydrogen (secondary N) is 1. The van der Waals surface area contributed by atoms with Crippen LogP contribution in [0, 0.1) is 0 Å². The summed E-state index contributed by atoms with van der Waals surface area (Å²) in [6.07, 6.45) is 3.59. The first-order valence-electron chi connectivity index (χ1n) is 8.01. The van der Waals surface area contributed by atoms with Crippen molar-refractivity contribution in [1.29, 1.82) is 0 Å². The van der Waals surface area contributed by atoms with E-state index in [1.807, 2.05) is 6.92 Å². The van der Waals surface area contributed by atoms with Crippen LogP contribution in [0.25, 0.3) is 0 Å². The smallest absolute Gasteiger partial charge is 0.477 e. The molecule has 0 saturated heterocycles. The zero-order chi connectivity index (χ0) is 20.2. The number of nitrogens with zero attached hydrogens (tertiary/aromatic N) is 2. The Morgan fingerprint density at radius 3 is 2.41 bits per heavy atom. The lowest BCUT2D eigenvalue weighted by molar-refractivity contribution is -0.0429. The van der Waals surface area contributed by atoms with Gasteiger partial charge in [0.05, 0.1) is 6.20 Å². The number of hydrogen-bond acceptors (Lipinski definition) is 4. The normalized spacial score (nSPS) is 12.1. The van der Waals surface area contributed by atoms with Crippen molar-refractivity contribution in [2.45, 2.75) is 38.2 Å². The Kier molecular flexibility index (Phi) is 6.14. The van der Waals surface area contributed by atoms with E-state index in [4.69, 9.17) is 0 Å². The minimum absolute atomic E-state index is 0.00273. The Morgan fingerprint density at radius 2 is 1.89 bits per heavy atom. The topological polar surface area (TPSA) is 101 Å². The maximum absolute atomic E-state index is 12.4. The van der Waals surface area contributed by atoms with Gasteiger partial charge in [0.2, 0.25) is 0 Å². The fourth-order valence-corrected chi connectivity index (χ4v) is 2.93. The third kappa shape index (κ3) is 5.00. The summed E-state index contributed by atoms with van der Waals surface area (Å²) in [5, 5.41) is 9.29. The van der Waals surface area contributed by atoms with Crippen LogP contribution in [0.2, 0.25) is 0 Å². The van der Waals surface area contributed by atoms with Crippen molar-refractivity contribution < 1.29 is 31.5 Å². The number of carbonyl (C=O) groups is 1. The van der Waals surface area contributed by atoms with Crippen molar-refractivity contribution in [3.05, 3.63) is 47.5 Å². The van der Waals surface area contributed by atoms with E-state index in [2.05, 4.69) is 4.98 Å². The molecule has 0 fully saturated rings. The van der Waals surface area contributed by atoms with E-state index >= 15 is 0 Å². The number of hydrogen-bond donors (Lipinski definition) is 2. The van der Waals surface area contributed by atoms with Gasteiger partial charge in [-0.1, -0.05) is 25.5 Å². The molecule has 27 heavy (non-hydrogen) atoms. The summed E-state index contributed by atoms with van der Waals surface area (Å²) in [7, 11) is -5.49. The second-order valence-corrected chi connectivity index (χ2v) is 7.48. The Hall–Kier alpha value is -2.56. The van der Waals surface area contributed by atoms with Crippen LogP contribution in [-0.4, -0.2) is 34.6 Å². The van der Waals surface area contributed by atoms with Crippen molar-refractivity contribution in [2.24, 2.45) is 0 Å². The van der Waals surface area contributed by atoms with Gasteiger partial charge in [-0.15, -0.1) is 0 Å². The van der Waals surface area contributed by atoms with Crippen LogP contribution in [0.4, 0.5) is 18.9 Å². The highest BCUT2D eigenvalue weighted by Crippen LogP contribution is 2.25. The van der Waals surface area contributed by atoms with Crippen LogP contribution in [0.1, 0.15) is 41.6 Å². The fourth-order valence-electron chi connectivity index (χ4n) is 2.37. The van der Waals surface area contributed by atoms with Gasteiger partial charge in [-0.3, -0.25) is 4.72 Å². The Morgan fingerprint density at radius 1 is 1.26 bits per heavy atom. The van der Waals surface area contributed by atoms with Crippen molar-refractivity contribution in [3.63, 3.8) is 0 Å². The van der Waals surface area contributed by atoms with Crippen LogP contribution >= 0.6 is 0 Å². The van der Waals surface area contributed by atoms with Gasteiger partial charge in [0.1, 0.15) is 11.5 Å². The lowest BCUT2D eigenvalue weighted by Crippen LogP contribution is -2.29. The number of alkyl halides is 3. The molecule has 0 bridgehead atoms. The molecule has 2 N–H and O–H groups in total. The quantitative estimate of drug-likeness (QED) is 0.702. The molecule has 1 heterocycles. The van der Waals surface area contributed by atoms with Gasteiger partial charge in [-0.25, -0.2) is 9.78 Å². The van der Waals surface area contributed by atoms with Crippen molar-refractivity contribution in [1.82, 2.24) is 9.55 Å². The Balaban J connectivity index is 2.22. The van der Waals surface area contributed by atoms with E-state index in [0.717, 1.165) is 12.8 Å². The fraction of sp³-hybridized carbons (Fsp3) is 0.375. The van der Waals surface area contributed by atoms with E-state index in [1.54, 1.807) is 0 Å².